The van der Waals surface area contributed by atoms with Crippen LogP contribution in [0.5, 0.6) is 0 Å². The van der Waals surface area contributed by atoms with Crippen molar-refractivity contribution < 1.29 is 28.6 Å². The van der Waals surface area contributed by atoms with Crippen LogP contribution in [0.25, 0.3) is 0 Å². The van der Waals surface area contributed by atoms with Crippen molar-refractivity contribution in [3.8, 4) is 0 Å². The van der Waals surface area contributed by atoms with E-state index in [9.17, 15) is 14.4 Å². The lowest BCUT2D eigenvalue weighted by atomic mass is 10.0. The number of cyclic esters (lactones) is 1. The topological polar surface area (TPSA) is 78.9 Å². The summed E-state index contributed by atoms with van der Waals surface area (Å²) in [7, 11) is 0. The molecule has 0 amide bonds. The maximum atomic E-state index is 11.6. The quantitative estimate of drug-likeness (QED) is 0.430. The lowest BCUT2D eigenvalue weighted by Gasteiger charge is -2.19. The van der Waals surface area contributed by atoms with Gasteiger partial charge >= 0.3 is 17.9 Å². The average Bonchev–Trinajstić information content (AvgIpc) is 2.50. The van der Waals surface area contributed by atoms with Crippen LogP contribution >= 0.6 is 0 Å². The SMILES string of the molecule is C=C(C)C(=O)OCC(=O)OC1C(=O)OCCCC1C. The zero-order valence-corrected chi connectivity index (χ0v) is 11.1. The van der Waals surface area contributed by atoms with Crippen LogP contribution in [0.15, 0.2) is 12.2 Å². The number of rotatable bonds is 4. The third kappa shape index (κ3) is 4.73. The molecule has 1 heterocycles. The first-order valence-corrected chi connectivity index (χ1v) is 6.10. The van der Waals surface area contributed by atoms with E-state index in [-0.39, 0.29) is 11.5 Å². The van der Waals surface area contributed by atoms with Gasteiger partial charge < -0.3 is 14.2 Å². The molecule has 0 aromatic heterocycles. The molecule has 0 aromatic carbocycles. The van der Waals surface area contributed by atoms with E-state index in [0.29, 0.717) is 6.61 Å². The number of hydrogen-bond acceptors (Lipinski definition) is 6. The molecule has 0 aromatic rings. The fraction of sp³-hybridized carbons (Fsp3) is 0.615. The highest BCUT2D eigenvalue weighted by molar-refractivity contribution is 5.89. The van der Waals surface area contributed by atoms with Gasteiger partial charge in [0.05, 0.1) is 6.61 Å². The second-order valence-corrected chi connectivity index (χ2v) is 4.55. The molecule has 0 spiro atoms. The van der Waals surface area contributed by atoms with Crippen molar-refractivity contribution in [2.45, 2.75) is 32.8 Å². The second kappa shape index (κ2) is 6.92. The summed E-state index contributed by atoms with van der Waals surface area (Å²) in [5.41, 5.74) is 0.190. The Hall–Kier alpha value is -1.85. The van der Waals surface area contributed by atoms with Gasteiger partial charge in [0, 0.05) is 11.5 Å². The summed E-state index contributed by atoms with van der Waals surface area (Å²) in [5.74, 6) is -2.11. The zero-order chi connectivity index (χ0) is 14.4. The molecule has 0 saturated carbocycles. The highest BCUT2D eigenvalue weighted by Gasteiger charge is 2.32. The van der Waals surface area contributed by atoms with Crippen LogP contribution in [0.4, 0.5) is 0 Å². The molecule has 0 bridgehead atoms. The van der Waals surface area contributed by atoms with Crippen LogP contribution < -0.4 is 0 Å². The van der Waals surface area contributed by atoms with Gasteiger partial charge in [-0.25, -0.2) is 14.4 Å². The Bertz CT molecular complexity index is 387. The molecule has 6 heteroatoms. The molecule has 2 atom stereocenters. The van der Waals surface area contributed by atoms with Gasteiger partial charge in [0.2, 0.25) is 6.10 Å². The Balaban J connectivity index is 2.47. The third-order valence-corrected chi connectivity index (χ3v) is 2.73. The standard InChI is InChI=1S/C13H18O6/c1-8(2)12(15)18-7-10(14)19-11-9(3)5-4-6-17-13(11)16/h9,11H,1,4-7H2,2-3H3. The molecule has 2 unspecified atom stereocenters. The van der Waals surface area contributed by atoms with Gasteiger partial charge in [-0.2, -0.15) is 0 Å². The monoisotopic (exact) mass is 270 g/mol. The molecule has 0 radical (unpaired) electrons. The number of hydrogen-bond donors (Lipinski definition) is 0. The first kappa shape index (κ1) is 15.2. The molecule has 0 aliphatic carbocycles. The van der Waals surface area contributed by atoms with Crippen LogP contribution in [-0.2, 0) is 28.6 Å². The van der Waals surface area contributed by atoms with Gasteiger partial charge in [-0.3, -0.25) is 0 Å². The van der Waals surface area contributed by atoms with Crippen molar-refractivity contribution in [3.63, 3.8) is 0 Å². The van der Waals surface area contributed by atoms with Crippen LogP contribution in [-0.4, -0.2) is 37.2 Å². The fourth-order valence-corrected chi connectivity index (χ4v) is 1.63. The first-order valence-electron chi connectivity index (χ1n) is 6.10. The smallest absolute Gasteiger partial charge is 0.347 e. The summed E-state index contributed by atoms with van der Waals surface area (Å²) < 4.78 is 14.6. The van der Waals surface area contributed by atoms with E-state index in [1.807, 2.05) is 6.92 Å². The van der Waals surface area contributed by atoms with Gasteiger partial charge in [-0.15, -0.1) is 0 Å². The predicted molar refractivity (Wildman–Crippen MR) is 65.0 cm³/mol. The molecule has 6 nitrogen and oxygen atoms in total. The Morgan fingerprint density at radius 3 is 2.79 bits per heavy atom. The molecule has 1 aliphatic heterocycles. The normalized spacial score (nSPS) is 22.9. The van der Waals surface area contributed by atoms with Gasteiger partial charge in [-0.05, 0) is 19.8 Å². The predicted octanol–water partition coefficient (Wildman–Crippen LogP) is 0.991. The Kier molecular flexibility index (Phi) is 5.54. The lowest BCUT2D eigenvalue weighted by Crippen LogP contribution is -2.34. The summed E-state index contributed by atoms with van der Waals surface area (Å²) in [6, 6.07) is 0. The minimum Gasteiger partial charge on any atom is -0.463 e. The lowest BCUT2D eigenvalue weighted by molar-refractivity contribution is -0.173. The number of ether oxygens (including phenoxy) is 3. The minimum absolute atomic E-state index is 0.115. The number of carbonyl (C=O) groups is 3. The molecule has 1 rings (SSSR count). The zero-order valence-electron chi connectivity index (χ0n) is 11.1. The van der Waals surface area contributed by atoms with E-state index < -0.39 is 30.6 Å². The van der Waals surface area contributed by atoms with Crippen LogP contribution in [0, 0.1) is 5.92 Å². The van der Waals surface area contributed by atoms with Gasteiger partial charge in [0.1, 0.15) is 0 Å². The van der Waals surface area contributed by atoms with E-state index in [1.165, 1.54) is 6.92 Å². The molecule has 1 fully saturated rings. The Morgan fingerprint density at radius 2 is 2.16 bits per heavy atom. The van der Waals surface area contributed by atoms with E-state index in [2.05, 4.69) is 11.3 Å². The molecule has 19 heavy (non-hydrogen) atoms. The van der Waals surface area contributed by atoms with Crippen molar-refractivity contribution in [2.24, 2.45) is 5.92 Å². The van der Waals surface area contributed by atoms with Crippen molar-refractivity contribution in [2.75, 3.05) is 13.2 Å². The summed E-state index contributed by atoms with van der Waals surface area (Å²) in [6.45, 7) is 6.46. The van der Waals surface area contributed by atoms with E-state index >= 15 is 0 Å². The van der Waals surface area contributed by atoms with Crippen molar-refractivity contribution in [3.05, 3.63) is 12.2 Å². The highest BCUT2D eigenvalue weighted by Crippen LogP contribution is 2.19. The van der Waals surface area contributed by atoms with E-state index in [1.54, 1.807) is 0 Å². The van der Waals surface area contributed by atoms with Crippen molar-refractivity contribution >= 4 is 17.9 Å². The van der Waals surface area contributed by atoms with E-state index in [4.69, 9.17) is 9.47 Å². The molecule has 1 aliphatic rings. The molecule has 106 valence electrons. The van der Waals surface area contributed by atoms with Crippen LogP contribution in [0.1, 0.15) is 26.7 Å². The third-order valence-electron chi connectivity index (χ3n) is 2.73. The second-order valence-electron chi connectivity index (χ2n) is 4.55. The Labute approximate surface area is 111 Å². The van der Waals surface area contributed by atoms with Crippen molar-refractivity contribution in [1.82, 2.24) is 0 Å². The fourth-order valence-electron chi connectivity index (χ4n) is 1.63. The summed E-state index contributed by atoms with van der Waals surface area (Å²) in [4.78, 5) is 34.2. The average molecular weight is 270 g/mol. The number of carbonyl (C=O) groups excluding carboxylic acids is 3. The molecule has 1 saturated heterocycles. The summed E-state index contributed by atoms with van der Waals surface area (Å²) in [6.07, 6.45) is 0.541. The summed E-state index contributed by atoms with van der Waals surface area (Å²) >= 11 is 0. The molecular weight excluding hydrogens is 252 g/mol. The molecule has 0 N–H and O–H groups in total. The van der Waals surface area contributed by atoms with E-state index in [0.717, 1.165) is 12.8 Å². The molecular formula is C13H18O6. The van der Waals surface area contributed by atoms with Gasteiger partial charge in [-0.1, -0.05) is 13.5 Å². The maximum absolute atomic E-state index is 11.6. The first-order chi connectivity index (χ1) is 8.91. The maximum Gasteiger partial charge on any atom is 0.347 e. The van der Waals surface area contributed by atoms with Gasteiger partial charge in [0.15, 0.2) is 6.61 Å². The largest absolute Gasteiger partial charge is 0.463 e. The Morgan fingerprint density at radius 1 is 1.47 bits per heavy atom. The minimum atomic E-state index is -0.932. The van der Waals surface area contributed by atoms with Gasteiger partial charge in [0.25, 0.3) is 0 Å². The van der Waals surface area contributed by atoms with Crippen molar-refractivity contribution in [1.29, 1.82) is 0 Å². The number of esters is 3. The highest BCUT2D eigenvalue weighted by atomic mass is 16.6. The summed E-state index contributed by atoms with van der Waals surface area (Å²) in [5, 5.41) is 0. The van der Waals surface area contributed by atoms with Crippen LogP contribution in [0.3, 0.4) is 0 Å². The van der Waals surface area contributed by atoms with Crippen LogP contribution in [0.2, 0.25) is 0 Å².